The zero-order valence-electron chi connectivity index (χ0n) is 11.9. The molecule has 0 aliphatic rings. The van der Waals surface area contributed by atoms with Crippen LogP contribution in [0.15, 0.2) is 6.07 Å². The van der Waals surface area contributed by atoms with E-state index in [1.807, 2.05) is 19.9 Å². The molecule has 1 atom stereocenters. The summed E-state index contributed by atoms with van der Waals surface area (Å²) in [5.41, 5.74) is 0. The second-order valence-electron chi connectivity index (χ2n) is 4.26. The highest BCUT2D eigenvalue weighted by atomic mass is 16.5. The van der Waals surface area contributed by atoms with Gasteiger partial charge in [0.1, 0.15) is 17.5 Å². The van der Waals surface area contributed by atoms with Crippen LogP contribution >= 0.6 is 0 Å². The molecule has 6 nitrogen and oxygen atoms in total. The standard InChI is InChI=1S/C13H24N4O2/c1-4-11-16-12(14-5-2)8-13(17-11)15-7-6-10(18)9-19-3/h8,10,18H,4-7,9H2,1-3H3,(H2,14,15,16,17). The second-order valence-corrected chi connectivity index (χ2v) is 4.26. The van der Waals surface area contributed by atoms with E-state index >= 15 is 0 Å². The molecule has 108 valence electrons. The van der Waals surface area contributed by atoms with Gasteiger partial charge in [-0.25, -0.2) is 9.97 Å². The molecule has 0 spiro atoms. The summed E-state index contributed by atoms with van der Waals surface area (Å²) in [6.07, 6.45) is 0.967. The van der Waals surface area contributed by atoms with Gasteiger partial charge < -0.3 is 20.5 Å². The molecule has 0 radical (unpaired) electrons. The number of nitrogens with zero attached hydrogens (tertiary/aromatic N) is 2. The highest BCUT2D eigenvalue weighted by Crippen LogP contribution is 2.11. The molecule has 0 saturated heterocycles. The van der Waals surface area contributed by atoms with E-state index in [2.05, 4.69) is 20.6 Å². The lowest BCUT2D eigenvalue weighted by Gasteiger charge is -2.12. The molecule has 1 aromatic rings. The van der Waals surface area contributed by atoms with E-state index in [0.717, 1.165) is 30.4 Å². The Bertz CT molecular complexity index is 374. The van der Waals surface area contributed by atoms with Crippen LogP contribution in [0.25, 0.3) is 0 Å². The fourth-order valence-corrected chi connectivity index (χ4v) is 1.66. The topological polar surface area (TPSA) is 79.3 Å². The first kappa shape index (κ1) is 15.7. The van der Waals surface area contributed by atoms with E-state index in [1.54, 1.807) is 7.11 Å². The molecule has 1 unspecified atom stereocenters. The molecule has 0 saturated carbocycles. The van der Waals surface area contributed by atoms with E-state index in [-0.39, 0.29) is 0 Å². The maximum Gasteiger partial charge on any atom is 0.132 e. The average Bonchev–Trinajstić information content (AvgIpc) is 2.39. The smallest absolute Gasteiger partial charge is 0.132 e. The Morgan fingerprint density at radius 2 is 1.95 bits per heavy atom. The fourth-order valence-electron chi connectivity index (χ4n) is 1.66. The lowest BCUT2D eigenvalue weighted by Crippen LogP contribution is -2.19. The zero-order valence-corrected chi connectivity index (χ0v) is 11.9. The Morgan fingerprint density at radius 1 is 1.26 bits per heavy atom. The number of aliphatic hydroxyl groups excluding tert-OH is 1. The van der Waals surface area contributed by atoms with Crippen molar-refractivity contribution in [3.05, 3.63) is 11.9 Å². The highest BCUT2D eigenvalue weighted by molar-refractivity contribution is 5.47. The number of rotatable bonds is 9. The number of nitrogens with one attached hydrogen (secondary N) is 2. The van der Waals surface area contributed by atoms with Gasteiger partial charge in [0.25, 0.3) is 0 Å². The number of hydrogen-bond acceptors (Lipinski definition) is 6. The van der Waals surface area contributed by atoms with Crippen molar-refractivity contribution in [3.63, 3.8) is 0 Å². The summed E-state index contributed by atoms with van der Waals surface area (Å²) in [5.74, 6) is 2.42. The van der Waals surface area contributed by atoms with Crippen LogP contribution in [0, 0.1) is 0 Å². The quantitative estimate of drug-likeness (QED) is 0.626. The molecule has 1 rings (SSSR count). The largest absolute Gasteiger partial charge is 0.391 e. The molecule has 1 heterocycles. The minimum absolute atomic E-state index is 0.355. The van der Waals surface area contributed by atoms with Crippen molar-refractivity contribution in [1.29, 1.82) is 0 Å². The lowest BCUT2D eigenvalue weighted by molar-refractivity contribution is 0.0615. The number of aromatic nitrogens is 2. The molecular weight excluding hydrogens is 244 g/mol. The molecule has 19 heavy (non-hydrogen) atoms. The number of ether oxygens (including phenoxy) is 1. The van der Waals surface area contributed by atoms with E-state index in [0.29, 0.717) is 19.6 Å². The van der Waals surface area contributed by atoms with E-state index in [4.69, 9.17) is 4.74 Å². The van der Waals surface area contributed by atoms with Gasteiger partial charge in [-0.3, -0.25) is 0 Å². The van der Waals surface area contributed by atoms with Crippen molar-refractivity contribution in [2.45, 2.75) is 32.8 Å². The SMILES string of the molecule is CCNc1cc(NCCC(O)COC)nc(CC)n1. The third-order valence-electron chi connectivity index (χ3n) is 2.59. The highest BCUT2D eigenvalue weighted by Gasteiger charge is 2.05. The average molecular weight is 268 g/mol. The van der Waals surface area contributed by atoms with Gasteiger partial charge >= 0.3 is 0 Å². The molecule has 0 bridgehead atoms. The van der Waals surface area contributed by atoms with Crippen molar-refractivity contribution in [2.75, 3.05) is 37.4 Å². The third kappa shape index (κ3) is 5.85. The van der Waals surface area contributed by atoms with E-state index in [9.17, 15) is 5.11 Å². The zero-order chi connectivity index (χ0) is 14.1. The number of methoxy groups -OCH3 is 1. The minimum Gasteiger partial charge on any atom is -0.391 e. The molecule has 0 aromatic carbocycles. The molecule has 0 aliphatic carbocycles. The van der Waals surface area contributed by atoms with Gasteiger partial charge in [-0.05, 0) is 13.3 Å². The Morgan fingerprint density at radius 3 is 2.53 bits per heavy atom. The van der Waals surface area contributed by atoms with Crippen molar-refractivity contribution in [2.24, 2.45) is 0 Å². The Kier molecular flexibility index (Phi) is 7.14. The van der Waals surface area contributed by atoms with Gasteiger partial charge in [0.05, 0.1) is 12.7 Å². The molecule has 0 amide bonds. The predicted molar refractivity (Wildman–Crippen MR) is 76.6 cm³/mol. The summed E-state index contributed by atoms with van der Waals surface area (Å²) >= 11 is 0. The minimum atomic E-state index is -0.446. The third-order valence-corrected chi connectivity index (χ3v) is 2.59. The fraction of sp³-hybridized carbons (Fsp3) is 0.692. The number of aryl methyl sites for hydroxylation is 1. The van der Waals surface area contributed by atoms with Crippen molar-refractivity contribution < 1.29 is 9.84 Å². The van der Waals surface area contributed by atoms with Gasteiger partial charge in [0, 0.05) is 32.7 Å². The van der Waals surface area contributed by atoms with Crippen molar-refractivity contribution in [3.8, 4) is 0 Å². The van der Waals surface area contributed by atoms with Gasteiger partial charge in [-0.15, -0.1) is 0 Å². The van der Waals surface area contributed by atoms with Crippen LogP contribution in [-0.4, -0.2) is 48.0 Å². The number of anilines is 2. The molecule has 0 aliphatic heterocycles. The predicted octanol–water partition coefficient (Wildman–Crippen LogP) is 1.28. The first-order chi connectivity index (χ1) is 9.19. The molecule has 0 fully saturated rings. The van der Waals surface area contributed by atoms with Crippen LogP contribution < -0.4 is 10.6 Å². The van der Waals surface area contributed by atoms with Crippen LogP contribution in [0.2, 0.25) is 0 Å². The van der Waals surface area contributed by atoms with Crippen LogP contribution in [-0.2, 0) is 11.2 Å². The van der Waals surface area contributed by atoms with Gasteiger partial charge in [-0.2, -0.15) is 0 Å². The van der Waals surface area contributed by atoms with Gasteiger partial charge in [0.15, 0.2) is 0 Å². The maximum absolute atomic E-state index is 9.56. The van der Waals surface area contributed by atoms with E-state index in [1.165, 1.54) is 0 Å². The monoisotopic (exact) mass is 268 g/mol. The summed E-state index contributed by atoms with van der Waals surface area (Å²) < 4.78 is 4.88. The van der Waals surface area contributed by atoms with Crippen LogP contribution in [0.4, 0.5) is 11.6 Å². The van der Waals surface area contributed by atoms with Crippen LogP contribution in [0.3, 0.4) is 0 Å². The Labute approximate surface area is 114 Å². The second kappa shape index (κ2) is 8.66. The molecular formula is C13H24N4O2. The first-order valence-corrected chi connectivity index (χ1v) is 6.72. The van der Waals surface area contributed by atoms with Crippen molar-refractivity contribution in [1.82, 2.24) is 9.97 Å². The normalized spacial score (nSPS) is 12.2. The Balaban J connectivity index is 2.54. The Hall–Kier alpha value is -1.40. The molecule has 1 aromatic heterocycles. The summed E-state index contributed by atoms with van der Waals surface area (Å²) in [7, 11) is 1.58. The van der Waals surface area contributed by atoms with E-state index < -0.39 is 6.10 Å². The maximum atomic E-state index is 9.56. The summed E-state index contributed by atoms with van der Waals surface area (Å²) in [4.78, 5) is 8.78. The van der Waals surface area contributed by atoms with Crippen LogP contribution in [0.1, 0.15) is 26.1 Å². The molecule has 3 N–H and O–H groups in total. The number of aliphatic hydroxyl groups is 1. The lowest BCUT2D eigenvalue weighted by atomic mass is 10.2. The van der Waals surface area contributed by atoms with Crippen LogP contribution in [0.5, 0.6) is 0 Å². The summed E-state index contributed by atoms with van der Waals surface area (Å²) in [5, 5.41) is 15.9. The summed E-state index contributed by atoms with van der Waals surface area (Å²) in [6.45, 7) is 5.88. The van der Waals surface area contributed by atoms with Gasteiger partial charge in [-0.1, -0.05) is 6.92 Å². The van der Waals surface area contributed by atoms with Gasteiger partial charge in [0.2, 0.25) is 0 Å². The summed E-state index contributed by atoms with van der Waals surface area (Å²) in [6, 6.07) is 1.88. The number of hydrogen-bond donors (Lipinski definition) is 3. The molecule has 6 heteroatoms. The first-order valence-electron chi connectivity index (χ1n) is 6.72. The van der Waals surface area contributed by atoms with Crippen molar-refractivity contribution >= 4 is 11.6 Å².